The van der Waals surface area contributed by atoms with E-state index in [0.29, 0.717) is 25.9 Å². The zero-order valence-electron chi connectivity index (χ0n) is 46.5. The van der Waals surface area contributed by atoms with Crippen molar-refractivity contribution in [1.82, 2.24) is 5.32 Å². The molecule has 0 saturated heterocycles. The van der Waals surface area contributed by atoms with Gasteiger partial charge in [0.2, 0.25) is 5.91 Å². The second-order valence-corrected chi connectivity index (χ2v) is 20.7. The molecule has 0 fully saturated rings. The minimum absolute atomic E-state index is 0.0326. The number of hydrogen-bond acceptors (Lipinski definition) is 5. The molecule has 2 atom stereocenters. The molecule has 3 N–H and O–H groups in total. The van der Waals surface area contributed by atoms with E-state index in [9.17, 15) is 19.8 Å². The number of ether oxygens (including phenoxy) is 1. The number of esters is 1. The van der Waals surface area contributed by atoms with Gasteiger partial charge in [0.15, 0.2) is 0 Å². The van der Waals surface area contributed by atoms with E-state index < -0.39 is 12.1 Å². The van der Waals surface area contributed by atoms with Gasteiger partial charge in [-0.1, -0.05) is 274 Å². The van der Waals surface area contributed by atoms with E-state index in [1.807, 2.05) is 12.2 Å². The number of amides is 1. The second-order valence-electron chi connectivity index (χ2n) is 20.7. The van der Waals surface area contributed by atoms with Crippen LogP contribution >= 0.6 is 0 Å². The molecule has 6 heteroatoms. The van der Waals surface area contributed by atoms with Crippen LogP contribution in [0.2, 0.25) is 0 Å². The summed E-state index contributed by atoms with van der Waals surface area (Å²) in [6, 6.07) is -0.675. The summed E-state index contributed by atoms with van der Waals surface area (Å²) < 4.78 is 5.45. The van der Waals surface area contributed by atoms with Gasteiger partial charge >= 0.3 is 5.97 Å². The summed E-state index contributed by atoms with van der Waals surface area (Å²) >= 11 is 0. The Morgan fingerprint density at radius 1 is 0.400 bits per heavy atom. The molecule has 0 spiro atoms. The highest BCUT2D eigenvalue weighted by molar-refractivity contribution is 5.76. The summed E-state index contributed by atoms with van der Waals surface area (Å²) in [5, 5.41) is 23.1. The van der Waals surface area contributed by atoms with Crippen LogP contribution in [0.4, 0.5) is 0 Å². The van der Waals surface area contributed by atoms with Gasteiger partial charge in [-0.15, -0.1) is 0 Å². The van der Waals surface area contributed by atoms with E-state index in [-0.39, 0.29) is 18.5 Å². The molecular weight excluding hydrogens is 863 g/mol. The van der Waals surface area contributed by atoms with Crippen LogP contribution in [0, 0.1) is 0 Å². The van der Waals surface area contributed by atoms with E-state index in [2.05, 4.69) is 61.7 Å². The Balaban J connectivity index is 3.57. The summed E-state index contributed by atoms with van der Waals surface area (Å²) in [6.45, 7) is 4.81. The minimum Gasteiger partial charge on any atom is -0.466 e. The third-order valence-corrected chi connectivity index (χ3v) is 13.8. The predicted molar refractivity (Wildman–Crippen MR) is 305 cm³/mol. The van der Waals surface area contributed by atoms with E-state index in [0.717, 1.165) is 64.2 Å². The highest BCUT2D eigenvalue weighted by Crippen LogP contribution is 2.17. The predicted octanol–water partition coefficient (Wildman–Crippen LogP) is 19.1. The summed E-state index contributed by atoms with van der Waals surface area (Å²) in [5.41, 5.74) is 0. The van der Waals surface area contributed by atoms with Crippen LogP contribution in [-0.4, -0.2) is 47.4 Å². The fourth-order valence-electron chi connectivity index (χ4n) is 9.07. The van der Waals surface area contributed by atoms with Crippen LogP contribution in [0.25, 0.3) is 0 Å². The average Bonchev–Trinajstić information content (AvgIpc) is 3.36. The Labute approximate surface area is 435 Å². The van der Waals surface area contributed by atoms with Crippen LogP contribution in [0.15, 0.2) is 60.8 Å². The number of unbranched alkanes of at least 4 members (excludes halogenated alkanes) is 37. The van der Waals surface area contributed by atoms with Gasteiger partial charge in [-0.3, -0.25) is 9.59 Å². The second kappa shape index (κ2) is 59.1. The summed E-state index contributed by atoms with van der Waals surface area (Å²) in [4.78, 5) is 24.5. The van der Waals surface area contributed by atoms with Gasteiger partial charge in [0.05, 0.1) is 25.4 Å². The number of nitrogens with one attached hydrogen (secondary N) is 1. The van der Waals surface area contributed by atoms with Crippen LogP contribution in [0.5, 0.6) is 0 Å². The highest BCUT2D eigenvalue weighted by atomic mass is 16.5. The van der Waals surface area contributed by atoms with Crippen molar-refractivity contribution in [1.29, 1.82) is 0 Å². The Kier molecular flexibility index (Phi) is 57.1. The van der Waals surface area contributed by atoms with E-state index >= 15 is 0 Å². The minimum atomic E-state index is -0.883. The molecule has 0 aliphatic heterocycles. The third kappa shape index (κ3) is 54.9. The SMILES string of the molecule is CCCCC/C=C\C/C=C\CCCCCCCC(=O)OCCCCCCCC/C=C\C/C=C\CCC(=O)NC(CO)C(O)/C=C/CCCCCCCCCCCCCCCCCCCCCCCCC. The van der Waals surface area contributed by atoms with Crippen LogP contribution in [0.3, 0.4) is 0 Å². The Bertz CT molecular complexity index is 1220. The number of aliphatic hydroxyl groups is 2. The van der Waals surface area contributed by atoms with Crippen molar-refractivity contribution in [2.24, 2.45) is 0 Å². The Morgan fingerprint density at radius 2 is 0.729 bits per heavy atom. The molecule has 0 aromatic heterocycles. The van der Waals surface area contributed by atoms with Crippen molar-refractivity contribution in [3.05, 3.63) is 60.8 Å². The van der Waals surface area contributed by atoms with Gasteiger partial charge in [0, 0.05) is 12.8 Å². The fourth-order valence-corrected chi connectivity index (χ4v) is 9.07. The molecule has 2 unspecified atom stereocenters. The smallest absolute Gasteiger partial charge is 0.305 e. The van der Waals surface area contributed by atoms with Crippen LogP contribution in [-0.2, 0) is 14.3 Å². The maximum absolute atomic E-state index is 12.5. The lowest BCUT2D eigenvalue weighted by Crippen LogP contribution is -2.45. The first-order chi connectivity index (χ1) is 34.5. The Morgan fingerprint density at radius 3 is 1.14 bits per heavy atom. The highest BCUT2D eigenvalue weighted by Gasteiger charge is 2.17. The van der Waals surface area contributed by atoms with E-state index in [4.69, 9.17) is 4.74 Å². The van der Waals surface area contributed by atoms with Gasteiger partial charge in [-0.2, -0.15) is 0 Å². The van der Waals surface area contributed by atoms with Crippen LogP contribution < -0.4 is 5.32 Å². The number of rotatable bonds is 56. The zero-order chi connectivity index (χ0) is 50.7. The average molecular weight is 981 g/mol. The molecular formula is C64H117NO5. The molecule has 0 rings (SSSR count). The molecule has 6 nitrogen and oxygen atoms in total. The summed E-state index contributed by atoms with van der Waals surface area (Å²) in [5.74, 6) is -0.181. The summed E-state index contributed by atoms with van der Waals surface area (Å²) in [6.07, 6.45) is 77.0. The quantitative estimate of drug-likeness (QED) is 0.0321. The number of hydrogen-bond donors (Lipinski definition) is 3. The molecule has 0 bridgehead atoms. The molecule has 0 aromatic carbocycles. The molecule has 0 aliphatic carbocycles. The lowest BCUT2D eigenvalue weighted by Gasteiger charge is -2.19. The topological polar surface area (TPSA) is 95.9 Å². The number of allylic oxidation sites excluding steroid dienone is 9. The van der Waals surface area contributed by atoms with E-state index in [1.54, 1.807) is 6.08 Å². The van der Waals surface area contributed by atoms with Crippen molar-refractivity contribution in [3.8, 4) is 0 Å². The van der Waals surface area contributed by atoms with Gasteiger partial charge in [-0.25, -0.2) is 0 Å². The van der Waals surface area contributed by atoms with Gasteiger partial charge in [-0.05, 0) is 83.5 Å². The largest absolute Gasteiger partial charge is 0.466 e. The molecule has 0 aromatic rings. The number of carbonyl (C=O) groups is 2. The maximum atomic E-state index is 12.5. The maximum Gasteiger partial charge on any atom is 0.305 e. The molecule has 0 heterocycles. The lowest BCUT2D eigenvalue weighted by atomic mass is 10.0. The standard InChI is InChI=1S/C64H117NO5/c1-3-5-7-9-11-13-15-17-19-20-21-22-23-24-25-26-27-28-30-32-36-40-44-48-52-56-62(67)61(60-66)65-63(68)57-53-49-45-41-37-33-31-35-39-43-47-51-55-59-70-64(69)58-54-50-46-42-38-34-29-18-16-14-12-10-8-6-4-2/h12,14,18,29,33,37,45,49,52,56,61-62,66-67H,3-11,13,15-17,19-28,30-32,34-36,38-44,46-48,50-51,53-55,57-60H2,1-2H3,(H,65,68)/b14-12-,29-18-,37-33-,49-45-,56-52+. The molecule has 0 aliphatic rings. The molecule has 1 amide bonds. The number of carbonyl (C=O) groups excluding carboxylic acids is 2. The number of aliphatic hydroxyl groups excluding tert-OH is 2. The Hall–Kier alpha value is -2.44. The monoisotopic (exact) mass is 980 g/mol. The van der Waals surface area contributed by atoms with E-state index in [1.165, 1.54) is 212 Å². The fraction of sp³-hybridized carbons (Fsp3) is 0.812. The first kappa shape index (κ1) is 67.6. The van der Waals surface area contributed by atoms with Gasteiger partial charge in [0.1, 0.15) is 0 Å². The normalized spacial score (nSPS) is 13.0. The first-order valence-electron chi connectivity index (χ1n) is 30.6. The van der Waals surface area contributed by atoms with Crippen molar-refractivity contribution < 1.29 is 24.5 Å². The lowest BCUT2D eigenvalue weighted by molar-refractivity contribution is -0.143. The van der Waals surface area contributed by atoms with Crippen molar-refractivity contribution in [3.63, 3.8) is 0 Å². The first-order valence-corrected chi connectivity index (χ1v) is 30.6. The summed E-state index contributed by atoms with van der Waals surface area (Å²) in [7, 11) is 0. The van der Waals surface area contributed by atoms with Crippen molar-refractivity contribution >= 4 is 11.9 Å². The molecule has 70 heavy (non-hydrogen) atoms. The molecule has 0 saturated carbocycles. The zero-order valence-corrected chi connectivity index (χ0v) is 46.5. The van der Waals surface area contributed by atoms with Gasteiger partial charge in [0.25, 0.3) is 0 Å². The molecule has 0 radical (unpaired) electrons. The van der Waals surface area contributed by atoms with Crippen molar-refractivity contribution in [2.75, 3.05) is 13.2 Å². The third-order valence-electron chi connectivity index (χ3n) is 13.8. The van der Waals surface area contributed by atoms with Crippen LogP contribution in [0.1, 0.15) is 309 Å². The van der Waals surface area contributed by atoms with Crippen molar-refractivity contribution in [2.45, 2.75) is 321 Å². The van der Waals surface area contributed by atoms with Gasteiger partial charge < -0.3 is 20.3 Å². The molecule has 408 valence electrons.